The number of para-hydroxylation sites is 1. The van der Waals surface area contributed by atoms with Crippen LogP contribution in [0.15, 0.2) is 83.2 Å². The number of hydrogen-bond acceptors (Lipinski definition) is 7. The van der Waals surface area contributed by atoms with Crippen LogP contribution in [-0.4, -0.2) is 30.1 Å². The Morgan fingerprint density at radius 2 is 1.88 bits per heavy atom. The van der Waals surface area contributed by atoms with E-state index in [1.54, 1.807) is 27.5 Å². The smallest absolute Gasteiger partial charge is 0.263 e. The van der Waals surface area contributed by atoms with E-state index in [1.807, 2.05) is 86.0 Å². The maximum Gasteiger partial charge on any atom is 0.263 e. The minimum absolute atomic E-state index is 0.0853. The topological polar surface area (TPSA) is 120 Å². The highest BCUT2D eigenvalue weighted by atomic mass is 32.1. The Hall–Kier alpha value is -5.09. The normalized spacial score (nSPS) is 12.3. The number of rotatable bonds is 6. The molecule has 1 unspecified atom stereocenters. The van der Waals surface area contributed by atoms with Crippen LogP contribution in [0, 0.1) is 6.92 Å². The Labute approximate surface area is 233 Å². The zero-order valence-electron chi connectivity index (χ0n) is 21.8. The molecular weight excluding hydrogens is 522 g/mol. The van der Waals surface area contributed by atoms with Gasteiger partial charge in [0.1, 0.15) is 10.6 Å². The van der Waals surface area contributed by atoms with Crippen LogP contribution in [-0.2, 0) is 0 Å². The summed E-state index contributed by atoms with van der Waals surface area (Å²) in [5.74, 6) is -0.340. The summed E-state index contributed by atoms with van der Waals surface area (Å²) in [6, 6.07) is 18.3. The molecule has 0 aliphatic heterocycles. The average molecular weight is 548 g/mol. The number of nitrogen functional groups attached to an aromatic ring is 1. The molecule has 0 bridgehead atoms. The van der Waals surface area contributed by atoms with Crippen molar-refractivity contribution in [2.24, 2.45) is 0 Å². The molecule has 9 nitrogen and oxygen atoms in total. The standard InChI is InChI=1S/C30H25N7O2S/c1-18-13-14-33-28-26(27(31)35-37(18)28)29(38)34-19(2)23-17-21-8-6-7-20(11-12-24-32-15-16-40-24)25(21)30(39)36(23)22-9-4-3-5-10-22/h3-17,19H,1-2H3,(H2,31,35)(H,34,38)/b12-11+. The number of anilines is 1. The molecule has 0 aliphatic carbocycles. The highest BCUT2D eigenvalue weighted by Gasteiger charge is 2.24. The van der Waals surface area contributed by atoms with Crippen LogP contribution in [0.1, 0.15) is 45.3 Å². The fourth-order valence-electron chi connectivity index (χ4n) is 4.83. The van der Waals surface area contributed by atoms with Gasteiger partial charge in [0, 0.05) is 34.8 Å². The Balaban J connectivity index is 1.47. The fraction of sp³-hybridized carbons (Fsp3) is 0.100. The number of hydrogen-bond donors (Lipinski definition) is 2. The number of aryl methyl sites for hydroxylation is 1. The summed E-state index contributed by atoms with van der Waals surface area (Å²) < 4.78 is 3.20. The summed E-state index contributed by atoms with van der Waals surface area (Å²) in [7, 11) is 0. The number of nitrogens with zero attached hydrogens (tertiary/aromatic N) is 5. The third kappa shape index (κ3) is 4.44. The summed E-state index contributed by atoms with van der Waals surface area (Å²) in [5.41, 5.74) is 9.42. The molecule has 0 fully saturated rings. The monoisotopic (exact) mass is 547 g/mol. The molecule has 40 heavy (non-hydrogen) atoms. The first-order valence-electron chi connectivity index (χ1n) is 12.6. The molecule has 0 spiro atoms. The number of thiazole rings is 1. The predicted molar refractivity (Wildman–Crippen MR) is 159 cm³/mol. The van der Waals surface area contributed by atoms with E-state index >= 15 is 0 Å². The number of nitrogens with one attached hydrogen (secondary N) is 1. The van der Waals surface area contributed by atoms with Crippen molar-refractivity contribution in [1.82, 2.24) is 29.5 Å². The third-order valence-electron chi connectivity index (χ3n) is 6.73. The molecule has 0 aliphatic rings. The Morgan fingerprint density at radius 1 is 1.05 bits per heavy atom. The fourth-order valence-corrected chi connectivity index (χ4v) is 5.35. The van der Waals surface area contributed by atoms with Gasteiger partial charge in [-0.2, -0.15) is 0 Å². The lowest BCUT2D eigenvalue weighted by atomic mass is 10.0. The molecule has 3 N–H and O–H groups in total. The molecule has 2 aromatic carbocycles. The van der Waals surface area contributed by atoms with E-state index < -0.39 is 11.9 Å². The molecule has 1 amide bonds. The first kappa shape index (κ1) is 25.2. The van der Waals surface area contributed by atoms with Gasteiger partial charge in [0.2, 0.25) is 0 Å². The second kappa shape index (κ2) is 10.2. The zero-order chi connectivity index (χ0) is 27.8. The van der Waals surface area contributed by atoms with Gasteiger partial charge in [-0.3, -0.25) is 14.2 Å². The molecule has 1 atom stereocenters. The second-order valence-electron chi connectivity index (χ2n) is 9.34. The van der Waals surface area contributed by atoms with E-state index in [0.717, 1.165) is 21.7 Å². The van der Waals surface area contributed by atoms with Crippen molar-refractivity contribution in [3.63, 3.8) is 0 Å². The number of carbonyl (C=O) groups excluding carboxylic acids is 1. The quantitative estimate of drug-likeness (QED) is 0.301. The molecule has 6 rings (SSSR count). The Bertz CT molecular complexity index is 1960. The number of amides is 1. The van der Waals surface area contributed by atoms with Crippen LogP contribution in [0.4, 0.5) is 5.82 Å². The second-order valence-corrected chi connectivity index (χ2v) is 10.3. The molecule has 0 saturated carbocycles. The minimum Gasteiger partial charge on any atom is -0.381 e. The largest absolute Gasteiger partial charge is 0.381 e. The minimum atomic E-state index is -0.557. The highest BCUT2D eigenvalue weighted by Crippen LogP contribution is 2.26. The van der Waals surface area contributed by atoms with Gasteiger partial charge in [-0.1, -0.05) is 42.5 Å². The van der Waals surface area contributed by atoms with Crippen LogP contribution in [0.2, 0.25) is 0 Å². The van der Waals surface area contributed by atoms with Crippen LogP contribution in [0.3, 0.4) is 0 Å². The van der Waals surface area contributed by atoms with Crippen LogP contribution in [0.25, 0.3) is 34.3 Å². The van der Waals surface area contributed by atoms with E-state index in [-0.39, 0.29) is 16.9 Å². The summed E-state index contributed by atoms with van der Waals surface area (Å²) >= 11 is 1.52. The van der Waals surface area contributed by atoms with Crippen LogP contribution in [0.5, 0.6) is 0 Å². The van der Waals surface area contributed by atoms with Gasteiger partial charge in [0.25, 0.3) is 11.5 Å². The van der Waals surface area contributed by atoms with Gasteiger partial charge in [0.15, 0.2) is 11.5 Å². The van der Waals surface area contributed by atoms with Gasteiger partial charge in [-0.05, 0) is 55.1 Å². The molecular formula is C30H25N7O2S. The van der Waals surface area contributed by atoms with Crippen molar-refractivity contribution in [2.75, 3.05) is 5.73 Å². The predicted octanol–water partition coefficient (Wildman–Crippen LogP) is 5.04. The lowest BCUT2D eigenvalue weighted by Gasteiger charge is -2.21. The van der Waals surface area contributed by atoms with Gasteiger partial charge in [-0.15, -0.1) is 16.4 Å². The number of carbonyl (C=O) groups is 1. The molecule has 0 saturated heterocycles. The van der Waals surface area contributed by atoms with Crippen molar-refractivity contribution in [2.45, 2.75) is 19.9 Å². The number of aromatic nitrogens is 5. The zero-order valence-corrected chi connectivity index (χ0v) is 22.6. The third-order valence-corrected chi connectivity index (χ3v) is 7.47. The SMILES string of the molecule is Cc1ccnc2c(C(=O)NC(C)c3cc4cccc(/C=C/c5nccs5)c4c(=O)n3-c3ccccc3)c(N)nn12. The van der Waals surface area contributed by atoms with Gasteiger partial charge in [-0.25, -0.2) is 14.5 Å². The first-order chi connectivity index (χ1) is 19.4. The van der Waals surface area contributed by atoms with E-state index in [2.05, 4.69) is 20.4 Å². The summed E-state index contributed by atoms with van der Waals surface area (Å²) in [4.78, 5) is 36.3. The van der Waals surface area contributed by atoms with Crippen molar-refractivity contribution in [3.05, 3.63) is 116 Å². The molecule has 6 aromatic rings. The molecule has 4 heterocycles. The summed E-state index contributed by atoms with van der Waals surface area (Å²) in [5, 5.41) is 11.4. The Morgan fingerprint density at radius 3 is 2.65 bits per heavy atom. The van der Waals surface area contributed by atoms with E-state index in [1.165, 1.54) is 11.3 Å². The number of fused-ring (bicyclic) bond motifs is 2. The number of benzene rings is 2. The molecule has 0 radical (unpaired) electrons. The highest BCUT2D eigenvalue weighted by molar-refractivity contribution is 7.10. The lowest BCUT2D eigenvalue weighted by molar-refractivity contribution is 0.0941. The van der Waals surface area contributed by atoms with Crippen LogP contribution >= 0.6 is 11.3 Å². The Kier molecular flexibility index (Phi) is 6.45. The summed E-state index contributed by atoms with van der Waals surface area (Å²) in [6.07, 6.45) is 7.17. The van der Waals surface area contributed by atoms with E-state index in [9.17, 15) is 9.59 Å². The van der Waals surface area contributed by atoms with Crippen molar-refractivity contribution >= 4 is 51.6 Å². The van der Waals surface area contributed by atoms with E-state index in [0.29, 0.717) is 22.4 Å². The average Bonchev–Trinajstić information content (AvgIpc) is 3.60. The van der Waals surface area contributed by atoms with Crippen molar-refractivity contribution < 1.29 is 4.79 Å². The van der Waals surface area contributed by atoms with Gasteiger partial charge < -0.3 is 11.1 Å². The lowest BCUT2D eigenvalue weighted by Crippen LogP contribution is -2.32. The van der Waals surface area contributed by atoms with Crippen molar-refractivity contribution in [1.29, 1.82) is 0 Å². The number of nitrogens with two attached hydrogens (primary N) is 1. The van der Waals surface area contributed by atoms with Gasteiger partial charge >= 0.3 is 0 Å². The number of pyridine rings is 1. The molecule has 4 aromatic heterocycles. The van der Waals surface area contributed by atoms with Crippen LogP contribution < -0.4 is 16.6 Å². The van der Waals surface area contributed by atoms with Gasteiger partial charge in [0.05, 0.1) is 11.4 Å². The maximum atomic E-state index is 14.2. The summed E-state index contributed by atoms with van der Waals surface area (Å²) in [6.45, 7) is 3.70. The molecule has 10 heteroatoms. The van der Waals surface area contributed by atoms with E-state index in [4.69, 9.17) is 5.73 Å². The maximum absolute atomic E-state index is 14.2. The van der Waals surface area contributed by atoms with Crippen molar-refractivity contribution in [3.8, 4) is 5.69 Å². The molecule has 198 valence electrons. The first-order valence-corrected chi connectivity index (χ1v) is 13.5.